The first-order valence-electron chi connectivity index (χ1n) is 10.3. The van der Waals surface area contributed by atoms with Crippen LogP contribution in [-0.4, -0.2) is 43.8 Å². The Bertz CT molecular complexity index is 839. The van der Waals surface area contributed by atoms with Crippen molar-refractivity contribution < 1.29 is 28.9 Å². The Balaban J connectivity index is 1.92. The largest absolute Gasteiger partial charge is 0.492 e. The van der Waals surface area contributed by atoms with Crippen LogP contribution in [0.2, 0.25) is 5.02 Å². The van der Waals surface area contributed by atoms with Crippen LogP contribution in [0, 0.1) is 5.92 Å². The van der Waals surface area contributed by atoms with Crippen molar-refractivity contribution in [3.8, 4) is 5.75 Å². The monoisotopic (exact) mass is 448 g/mol. The maximum atomic E-state index is 12.7. The summed E-state index contributed by atoms with van der Waals surface area (Å²) in [6.45, 7) is 2.31. The van der Waals surface area contributed by atoms with Crippen molar-refractivity contribution in [2.75, 3.05) is 26.9 Å². The first-order valence-corrected chi connectivity index (χ1v) is 10.7. The number of carbonyl (C=O) groups excluding carboxylic acids is 2. The Hall–Kier alpha value is -2.41. The van der Waals surface area contributed by atoms with Gasteiger partial charge in [-0.3, -0.25) is 4.79 Å². The van der Waals surface area contributed by atoms with Crippen LogP contribution >= 0.6 is 11.6 Å². The highest BCUT2D eigenvalue weighted by atomic mass is 35.5. The molecule has 0 aromatic heterocycles. The molecular weight excluding hydrogens is 420 g/mol. The minimum atomic E-state index is -0.801. The molecule has 0 heterocycles. The average Bonchev–Trinajstić information content (AvgIpc) is 2.80. The second-order valence-electron chi connectivity index (χ2n) is 7.04. The van der Waals surface area contributed by atoms with Crippen LogP contribution in [-0.2, 0) is 14.3 Å². The van der Waals surface area contributed by atoms with Crippen molar-refractivity contribution in [2.45, 2.75) is 32.3 Å². The standard InChI is InChI=1S/C24H29ClO6/c1-3-9-18(16-26)22(27)19-12-7-13-20(21(19)25)30-14-8-15-31-23(24(28)29-2)17-10-5-4-6-11-17/h4-7,10-13,18,23,26H,3,8-9,14-16H2,1-2H3. The van der Waals surface area contributed by atoms with Crippen LogP contribution < -0.4 is 4.74 Å². The molecule has 0 aliphatic heterocycles. The Morgan fingerprint density at radius 2 is 1.81 bits per heavy atom. The van der Waals surface area contributed by atoms with Crippen molar-refractivity contribution in [3.63, 3.8) is 0 Å². The summed E-state index contributed by atoms with van der Waals surface area (Å²) in [6.07, 6.45) is 1.09. The number of esters is 1. The molecule has 0 fully saturated rings. The molecule has 0 spiro atoms. The van der Waals surface area contributed by atoms with E-state index in [1.54, 1.807) is 30.3 Å². The lowest BCUT2D eigenvalue weighted by Crippen LogP contribution is -2.19. The number of halogens is 1. The summed E-state index contributed by atoms with van der Waals surface area (Å²) in [7, 11) is 1.32. The molecular formula is C24H29ClO6. The second kappa shape index (κ2) is 13.1. The molecule has 31 heavy (non-hydrogen) atoms. The van der Waals surface area contributed by atoms with E-state index < -0.39 is 18.0 Å². The zero-order chi connectivity index (χ0) is 22.6. The zero-order valence-electron chi connectivity index (χ0n) is 17.9. The third-order valence-electron chi connectivity index (χ3n) is 4.81. The molecule has 2 atom stereocenters. The lowest BCUT2D eigenvalue weighted by Gasteiger charge is -2.17. The number of rotatable bonds is 13. The van der Waals surface area contributed by atoms with E-state index in [1.165, 1.54) is 7.11 Å². The SMILES string of the molecule is CCCC(CO)C(=O)c1cccc(OCCCOC(C(=O)OC)c2ccccc2)c1Cl. The van der Waals surface area contributed by atoms with Gasteiger partial charge >= 0.3 is 5.97 Å². The molecule has 2 unspecified atom stereocenters. The smallest absolute Gasteiger partial charge is 0.339 e. The number of carbonyl (C=O) groups is 2. The van der Waals surface area contributed by atoms with E-state index in [1.807, 2.05) is 25.1 Å². The van der Waals surface area contributed by atoms with Gasteiger partial charge in [0, 0.05) is 17.9 Å². The van der Waals surface area contributed by atoms with Gasteiger partial charge in [0.1, 0.15) is 5.75 Å². The zero-order valence-corrected chi connectivity index (χ0v) is 18.6. The van der Waals surface area contributed by atoms with Crippen LogP contribution in [0.3, 0.4) is 0 Å². The van der Waals surface area contributed by atoms with E-state index in [-0.39, 0.29) is 24.0 Å². The summed E-state index contributed by atoms with van der Waals surface area (Å²) in [5.74, 6) is -0.730. The highest BCUT2D eigenvalue weighted by Gasteiger charge is 2.23. The summed E-state index contributed by atoms with van der Waals surface area (Å²) in [6, 6.07) is 14.2. The van der Waals surface area contributed by atoms with Crippen LogP contribution in [0.5, 0.6) is 5.75 Å². The predicted molar refractivity (Wildman–Crippen MR) is 119 cm³/mol. The van der Waals surface area contributed by atoms with E-state index in [0.717, 1.165) is 12.0 Å². The number of benzene rings is 2. The fourth-order valence-corrected chi connectivity index (χ4v) is 3.44. The number of Topliss-reactive ketones (excluding diaryl/α,β-unsaturated/α-hetero) is 1. The number of ketones is 1. The first-order chi connectivity index (χ1) is 15.0. The predicted octanol–water partition coefficient (Wildman–Crippen LogP) is 4.63. The topological polar surface area (TPSA) is 82.1 Å². The fourth-order valence-electron chi connectivity index (χ4n) is 3.16. The van der Waals surface area contributed by atoms with Gasteiger partial charge in [-0.2, -0.15) is 0 Å². The van der Waals surface area contributed by atoms with Crippen molar-refractivity contribution in [3.05, 3.63) is 64.7 Å². The highest BCUT2D eigenvalue weighted by Crippen LogP contribution is 2.30. The van der Waals surface area contributed by atoms with Gasteiger partial charge in [0.05, 0.1) is 32.0 Å². The molecule has 2 aromatic rings. The minimum Gasteiger partial charge on any atom is -0.492 e. The number of aliphatic hydroxyl groups is 1. The van der Waals surface area contributed by atoms with Gasteiger partial charge in [-0.15, -0.1) is 0 Å². The van der Waals surface area contributed by atoms with Gasteiger partial charge in [-0.05, 0) is 24.1 Å². The van der Waals surface area contributed by atoms with E-state index >= 15 is 0 Å². The lowest BCUT2D eigenvalue weighted by atomic mass is 9.94. The van der Waals surface area contributed by atoms with Crippen molar-refractivity contribution in [1.82, 2.24) is 0 Å². The fraction of sp³-hybridized carbons (Fsp3) is 0.417. The molecule has 2 rings (SSSR count). The molecule has 0 aliphatic rings. The molecule has 6 nitrogen and oxygen atoms in total. The van der Waals surface area contributed by atoms with Crippen LogP contribution in [0.1, 0.15) is 48.2 Å². The number of aliphatic hydroxyl groups excluding tert-OH is 1. The minimum absolute atomic E-state index is 0.188. The lowest BCUT2D eigenvalue weighted by molar-refractivity contribution is -0.154. The third kappa shape index (κ3) is 7.06. The van der Waals surface area contributed by atoms with Crippen LogP contribution in [0.25, 0.3) is 0 Å². The number of hydrogen-bond acceptors (Lipinski definition) is 6. The molecule has 0 amide bonds. The van der Waals surface area contributed by atoms with Gasteiger partial charge < -0.3 is 19.3 Å². The average molecular weight is 449 g/mol. The normalized spacial score (nSPS) is 12.8. The summed E-state index contributed by atoms with van der Waals surface area (Å²) >= 11 is 6.39. The molecule has 1 N–H and O–H groups in total. The van der Waals surface area contributed by atoms with Crippen molar-refractivity contribution >= 4 is 23.4 Å². The van der Waals surface area contributed by atoms with E-state index in [2.05, 4.69) is 0 Å². The van der Waals surface area contributed by atoms with Gasteiger partial charge in [0.2, 0.25) is 0 Å². The number of ether oxygens (including phenoxy) is 3. The van der Waals surface area contributed by atoms with E-state index in [0.29, 0.717) is 30.8 Å². The Kier molecular flexibility index (Phi) is 10.5. The van der Waals surface area contributed by atoms with Crippen molar-refractivity contribution in [1.29, 1.82) is 0 Å². The molecule has 0 saturated heterocycles. The summed E-state index contributed by atoms with van der Waals surface area (Å²) in [5.41, 5.74) is 1.06. The van der Waals surface area contributed by atoms with Gasteiger partial charge in [0.25, 0.3) is 0 Å². The number of hydrogen-bond donors (Lipinski definition) is 1. The van der Waals surface area contributed by atoms with E-state index in [9.17, 15) is 14.7 Å². The molecule has 0 bridgehead atoms. The first kappa shape index (κ1) is 24.9. The summed E-state index contributed by atoms with van der Waals surface area (Å²) in [4.78, 5) is 24.7. The molecule has 168 valence electrons. The van der Waals surface area contributed by atoms with Crippen LogP contribution in [0.4, 0.5) is 0 Å². The summed E-state index contributed by atoms with van der Waals surface area (Å²) in [5, 5.41) is 9.73. The van der Waals surface area contributed by atoms with Gasteiger partial charge in [0.15, 0.2) is 11.9 Å². The van der Waals surface area contributed by atoms with Crippen molar-refractivity contribution in [2.24, 2.45) is 5.92 Å². The quantitative estimate of drug-likeness (QED) is 0.273. The summed E-state index contributed by atoms with van der Waals surface area (Å²) < 4.78 is 16.3. The molecule has 2 aromatic carbocycles. The number of methoxy groups -OCH3 is 1. The molecule has 0 saturated carbocycles. The Labute approximate surface area is 188 Å². The van der Waals surface area contributed by atoms with E-state index in [4.69, 9.17) is 25.8 Å². The molecule has 0 radical (unpaired) electrons. The maximum Gasteiger partial charge on any atom is 0.339 e. The van der Waals surface area contributed by atoms with Gasteiger partial charge in [-0.25, -0.2) is 4.79 Å². The maximum absolute atomic E-state index is 12.7. The van der Waals surface area contributed by atoms with Gasteiger partial charge in [-0.1, -0.05) is 61.3 Å². The third-order valence-corrected chi connectivity index (χ3v) is 5.20. The van der Waals surface area contributed by atoms with Crippen LogP contribution in [0.15, 0.2) is 48.5 Å². The highest BCUT2D eigenvalue weighted by molar-refractivity contribution is 6.35. The Morgan fingerprint density at radius 3 is 2.45 bits per heavy atom. The Morgan fingerprint density at radius 1 is 1.06 bits per heavy atom. The molecule has 0 aliphatic carbocycles. The molecule has 7 heteroatoms. The second-order valence-corrected chi connectivity index (χ2v) is 7.41.